The van der Waals surface area contributed by atoms with Crippen LogP contribution in [0.2, 0.25) is 0 Å². The Morgan fingerprint density at radius 2 is 0.661 bits per heavy atom. The van der Waals surface area contributed by atoms with Crippen molar-refractivity contribution in [2.24, 2.45) is 16.2 Å². The van der Waals surface area contributed by atoms with Crippen LogP contribution in [0, 0.1) is 16.2 Å². The molecule has 0 saturated carbocycles. The largest absolute Gasteiger partial charge is 0.300 e. The van der Waals surface area contributed by atoms with Crippen LogP contribution in [0.15, 0.2) is 134 Å². The summed E-state index contributed by atoms with van der Waals surface area (Å²) in [6.45, 7) is 24.6. The minimum atomic E-state index is -0.234. The number of hydrogen-bond donors (Lipinski definition) is 0. The van der Waals surface area contributed by atoms with Crippen LogP contribution in [-0.2, 0) is 14.4 Å². The van der Waals surface area contributed by atoms with Crippen LogP contribution in [0.3, 0.4) is 0 Å². The Balaban J connectivity index is -0.000000908. The van der Waals surface area contributed by atoms with Gasteiger partial charge in [-0.15, -0.1) is 0 Å². The normalized spacial score (nSPS) is 13.2. The molecule has 3 nitrogen and oxygen atoms in total. The van der Waals surface area contributed by atoms with Crippen LogP contribution in [0.25, 0.3) is 0 Å². The number of rotatable bonds is 30. The van der Waals surface area contributed by atoms with E-state index in [-0.39, 0.29) is 16.6 Å². The fourth-order valence-corrected chi connectivity index (χ4v) is 5.17. The van der Waals surface area contributed by atoms with Crippen molar-refractivity contribution < 1.29 is 14.4 Å². The predicted molar refractivity (Wildman–Crippen MR) is 279 cm³/mol. The van der Waals surface area contributed by atoms with Crippen molar-refractivity contribution in [3.05, 3.63) is 134 Å². The quantitative estimate of drug-likeness (QED) is 0.0534. The Morgan fingerprint density at radius 1 is 0.355 bits per heavy atom. The molecule has 0 spiro atoms. The van der Waals surface area contributed by atoms with E-state index >= 15 is 0 Å². The van der Waals surface area contributed by atoms with Gasteiger partial charge in [-0.1, -0.05) is 216 Å². The van der Waals surface area contributed by atoms with E-state index in [1.165, 1.54) is 12.8 Å². The van der Waals surface area contributed by atoms with Gasteiger partial charge in [-0.05, 0) is 109 Å². The number of ketones is 3. The zero-order valence-corrected chi connectivity index (χ0v) is 42.4. The fourth-order valence-electron chi connectivity index (χ4n) is 5.17. The van der Waals surface area contributed by atoms with E-state index in [2.05, 4.69) is 162 Å². The molecule has 0 heterocycles. The monoisotopic (exact) mass is 853 g/mol. The van der Waals surface area contributed by atoms with Gasteiger partial charge in [0.1, 0.15) is 17.3 Å². The molecule has 0 fully saturated rings. The highest BCUT2D eigenvalue weighted by Crippen LogP contribution is 2.22. The summed E-state index contributed by atoms with van der Waals surface area (Å²) in [6.07, 6.45) is 66.6. The van der Waals surface area contributed by atoms with Gasteiger partial charge in [0.05, 0.1) is 0 Å². The van der Waals surface area contributed by atoms with Crippen molar-refractivity contribution in [2.45, 2.75) is 205 Å². The highest BCUT2D eigenvalue weighted by atomic mass is 16.1. The lowest BCUT2D eigenvalue weighted by molar-refractivity contribution is -0.126. The maximum absolute atomic E-state index is 11.8. The van der Waals surface area contributed by atoms with E-state index in [1.807, 2.05) is 47.6 Å². The third-order valence-electron chi connectivity index (χ3n) is 9.21. The van der Waals surface area contributed by atoms with Crippen molar-refractivity contribution in [1.82, 2.24) is 0 Å². The highest BCUT2D eigenvalue weighted by Gasteiger charge is 2.20. The molecule has 0 aliphatic carbocycles. The molecule has 0 rings (SSSR count). The predicted octanol–water partition coefficient (Wildman–Crippen LogP) is 18.4. The van der Waals surface area contributed by atoms with E-state index in [0.29, 0.717) is 29.8 Å². The van der Waals surface area contributed by atoms with Gasteiger partial charge in [0, 0.05) is 30.1 Å². The molecule has 0 aliphatic heterocycles. The summed E-state index contributed by atoms with van der Waals surface area (Å²) in [5.41, 5.74) is 0.000333. The summed E-state index contributed by atoms with van der Waals surface area (Å²) in [7, 11) is 0. The van der Waals surface area contributed by atoms with Gasteiger partial charge in [-0.25, -0.2) is 0 Å². The van der Waals surface area contributed by atoms with Crippen LogP contribution < -0.4 is 0 Å². The van der Waals surface area contributed by atoms with Gasteiger partial charge in [-0.3, -0.25) is 9.59 Å². The second-order valence-electron chi connectivity index (χ2n) is 19.0. The van der Waals surface area contributed by atoms with E-state index in [0.717, 1.165) is 96.3 Å². The van der Waals surface area contributed by atoms with Gasteiger partial charge in [-0.2, -0.15) is 0 Å². The Labute approximate surface area is 385 Å². The maximum atomic E-state index is 11.8. The molecular weight excluding hydrogens is 757 g/mol. The number of Topliss-reactive ketones (excluding diaryl/α,β-unsaturated/α-hetero) is 3. The van der Waals surface area contributed by atoms with Crippen LogP contribution >= 0.6 is 0 Å². The van der Waals surface area contributed by atoms with Gasteiger partial charge in [0.15, 0.2) is 0 Å². The summed E-state index contributed by atoms with van der Waals surface area (Å²) >= 11 is 0. The third kappa shape index (κ3) is 56.1. The molecule has 0 radical (unpaired) electrons. The minimum absolute atomic E-state index is 0.193. The van der Waals surface area contributed by atoms with E-state index in [9.17, 15) is 14.4 Å². The summed E-state index contributed by atoms with van der Waals surface area (Å²) in [4.78, 5) is 34.1. The molecule has 0 aromatic heterocycles. The van der Waals surface area contributed by atoms with Gasteiger partial charge in [0.2, 0.25) is 0 Å². The van der Waals surface area contributed by atoms with Crippen LogP contribution in [-0.4, -0.2) is 17.3 Å². The first-order valence-electron chi connectivity index (χ1n) is 24.1. The molecule has 62 heavy (non-hydrogen) atoms. The van der Waals surface area contributed by atoms with Crippen LogP contribution in [0.1, 0.15) is 205 Å². The standard InChI is InChI=1S/C25H38O.C24H38O.C10H20O/c1-5-6-7-8-9-10-11-12-13-14-15-16-17-18-19-20-21-22-23-24(26)25(2,3)4;1-5-6-7-8-9-10-11-12-13-14-15-16-17-18-19-20-21-22-23(25)24(2,3)4;1-9(11)7-5-6-8-10(2,3)4/h6-7,9-10,12-13,15-16,18-19,21-22H,5,8,11,14,17,20,23H2,1-4H3;6-7,9-10,12-13,15-16,18-19H,5,8,11,14,17,20-22H2,1-4H3;5-8H2,1-4H3/b7-6-,10-9-,13-12-,16-15-,19-18-,22-21-;7-6-,10-9-,13-12-,16-15-,19-18-;. The summed E-state index contributed by atoms with van der Waals surface area (Å²) in [5, 5.41) is 0. The SMILES string of the molecule is CC(=O)CCCCC(C)(C)C.CC/C=C\C/C=C\C/C=C\C/C=C\C/C=C\C/C=C\CC(=O)C(C)(C)C.CC/C=C\C/C=C\C/C=C\C/C=C\C/C=C\CCCC(=O)C(C)(C)C. The van der Waals surface area contributed by atoms with Crippen molar-refractivity contribution in [3.8, 4) is 0 Å². The Hall–Kier alpha value is -3.85. The zero-order chi connectivity index (χ0) is 47.2. The van der Waals surface area contributed by atoms with Crippen molar-refractivity contribution in [2.75, 3.05) is 0 Å². The lowest BCUT2D eigenvalue weighted by atomic mass is 9.88. The molecule has 350 valence electrons. The number of unbranched alkanes of at least 4 members (excludes halogenated alkanes) is 2. The summed E-state index contributed by atoms with van der Waals surface area (Å²) in [6, 6.07) is 0. The number of allylic oxidation sites excluding steroid dienone is 22. The molecule has 0 amide bonds. The van der Waals surface area contributed by atoms with Crippen molar-refractivity contribution >= 4 is 17.3 Å². The molecular formula is C59H96O3. The molecule has 0 saturated heterocycles. The Bertz CT molecular complexity index is 1420. The summed E-state index contributed by atoms with van der Waals surface area (Å²) in [5.74, 6) is 0.969. The number of carbonyl (C=O) groups is 3. The smallest absolute Gasteiger partial charge is 0.141 e. The minimum Gasteiger partial charge on any atom is -0.300 e. The molecule has 3 heteroatoms. The average Bonchev–Trinajstić information content (AvgIpc) is 3.19. The maximum Gasteiger partial charge on any atom is 0.141 e. The Morgan fingerprint density at radius 3 is 0.952 bits per heavy atom. The molecule has 0 atom stereocenters. The lowest BCUT2D eigenvalue weighted by Crippen LogP contribution is -2.19. The van der Waals surface area contributed by atoms with Crippen molar-refractivity contribution in [1.29, 1.82) is 0 Å². The summed E-state index contributed by atoms with van der Waals surface area (Å²) < 4.78 is 0. The van der Waals surface area contributed by atoms with Gasteiger partial charge < -0.3 is 4.79 Å². The molecule has 0 aliphatic rings. The lowest BCUT2D eigenvalue weighted by Gasteiger charge is -2.17. The second kappa shape index (κ2) is 43.8. The first-order chi connectivity index (χ1) is 29.4. The van der Waals surface area contributed by atoms with Crippen LogP contribution in [0.4, 0.5) is 0 Å². The zero-order valence-electron chi connectivity index (χ0n) is 42.4. The van der Waals surface area contributed by atoms with E-state index < -0.39 is 0 Å². The molecule has 0 bridgehead atoms. The van der Waals surface area contributed by atoms with E-state index in [4.69, 9.17) is 0 Å². The van der Waals surface area contributed by atoms with Crippen LogP contribution in [0.5, 0.6) is 0 Å². The average molecular weight is 853 g/mol. The fraction of sp³-hybridized carbons (Fsp3) is 0.576. The molecule has 0 aromatic rings. The van der Waals surface area contributed by atoms with Gasteiger partial charge >= 0.3 is 0 Å². The first kappa shape index (κ1) is 62.4. The molecule has 0 unspecified atom stereocenters. The number of carbonyl (C=O) groups excluding carboxylic acids is 3. The highest BCUT2D eigenvalue weighted by molar-refractivity contribution is 5.85. The molecule has 0 N–H and O–H groups in total. The Kier molecular flexibility index (Phi) is 44.1. The van der Waals surface area contributed by atoms with Crippen molar-refractivity contribution in [3.63, 3.8) is 0 Å². The van der Waals surface area contributed by atoms with E-state index in [1.54, 1.807) is 6.92 Å². The molecule has 0 aromatic carbocycles. The number of hydrogen-bond acceptors (Lipinski definition) is 3. The van der Waals surface area contributed by atoms with Gasteiger partial charge in [0.25, 0.3) is 0 Å². The topological polar surface area (TPSA) is 51.2 Å². The first-order valence-corrected chi connectivity index (χ1v) is 24.1. The third-order valence-corrected chi connectivity index (χ3v) is 9.21. The second-order valence-corrected chi connectivity index (χ2v) is 19.0.